The van der Waals surface area contributed by atoms with E-state index in [0.717, 1.165) is 27.6 Å². The summed E-state index contributed by atoms with van der Waals surface area (Å²) in [4.78, 5) is 20.2. The number of carbonyl (C=O) groups excluding carboxylic acids is 1. The van der Waals surface area contributed by atoms with E-state index in [1.54, 1.807) is 4.90 Å². The van der Waals surface area contributed by atoms with Gasteiger partial charge >= 0.3 is 0 Å². The molecule has 0 saturated carbocycles. The number of hydrogen-bond acceptors (Lipinski definition) is 4. The van der Waals surface area contributed by atoms with Crippen LogP contribution in [0.15, 0.2) is 48.5 Å². The van der Waals surface area contributed by atoms with Crippen molar-refractivity contribution < 1.29 is 9.53 Å². The van der Waals surface area contributed by atoms with Gasteiger partial charge in [0.1, 0.15) is 5.75 Å². The normalized spacial score (nSPS) is 10.7. The number of ether oxygens (including phenoxy) is 1. The van der Waals surface area contributed by atoms with Crippen LogP contribution in [0.25, 0.3) is 11.3 Å². The molecule has 0 saturated heterocycles. The maximum atomic E-state index is 12.7. The minimum absolute atomic E-state index is 0.00411. The minimum Gasteiger partial charge on any atom is -0.494 e. The number of thiazole rings is 1. The summed E-state index contributed by atoms with van der Waals surface area (Å²) in [5.41, 5.74) is 2.63. The Kier molecular flexibility index (Phi) is 6.14. The summed E-state index contributed by atoms with van der Waals surface area (Å²) in [6.07, 6.45) is 0.391. The summed E-state index contributed by atoms with van der Waals surface area (Å²) in [7, 11) is 0. The van der Waals surface area contributed by atoms with Crippen LogP contribution in [0.1, 0.15) is 25.1 Å². The molecule has 0 bridgehead atoms. The molecule has 0 atom stereocenters. The Labute approximate surface area is 168 Å². The lowest BCUT2D eigenvalue weighted by molar-refractivity contribution is -0.117. The van der Waals surface area contributed by atoms with Crippen molar-refractivity contribution in [1.82, 2.24) is 4.98 Å². The van der Waals surface area contributed by atoms with E-state index in [1.807, 2.05) is 69.3 Å². The van der Waals surface area contributed by atoms with E-state index >= 15 is 0 Å². The first-order valence-electron chi connectivity index (χ1n) is 8.82. The van der Waals surface area contributed by atoms with Crippen molar-refractivity contribution in [3.05, 3.63) is 58.4 Å². The van der Waals surface area contributed by atoms with E-state index in [2.05, 4.69) is 0 Å². The predicted octanol–water partition coefficient (Wildman–Crippen LogP) is 6.25. The number of aromatic nitrogens is 1. The standard InChI is InChI=1S/C21H21ClN2O2S/c1-4-19(25)24(17-10-12-18(13-11-17)26-5-2)21-23-20(14(3)27-21)15-6-8-16(22)9-7-15/h6-13H,4-5H2,1-3H3. The average molecular weight is 401 g/mol. The van der Waals surface area contributed by atoms with E-state index in [9.17, 15) is 4.79 Å². The topological polar surface area (TPSA) is 42.4 Å². The molecule has 0 radical (unpaired) electrons. The van der Waals surface area contributed by atoms with Gasteiger partial charge in [-0.05, 0) is 50.2 Å². The van der Waals surface area contributed by atoms with E-state index < -0.39 is 0 Å². The third-order valence-corrected chi connectivity index (χ3v) is 5.26. The number of nitrogens with zero attached hydrogens (tertiary/aromatic N) is 2. The Morgan fingerprint density at radius 1 is 1.11 bits per heavy atom. The van der Waals surface area contributed by atoms with Crippen LogP contribution in [0.5, 0.6) is 5.75 Å². The zero-order valence-corrected chi connectivity index (χ0v) is 17.1. The lowest BCUT2D eigenvalue weighted by atomic mass is 10.1. The van der Waals surface area contributed by atoms with Gasteiger partial charge in [0.25, 0.3) is 0 Å². The Balaban J connectivity index is 2.00. The number of aryl methyl sites for hydroxylation is 1. The Bertz CT molecular complexity index is 920. The molecule has 140 valence electrons. The highest BCUT2D eigenvalue weighted by molar-refractivity contribution is 7.16. The summed E-state index contributed by atoms with van der Waals surface area (Å²) in [5.74, 6) is 0.776. The van der Waals surface area contributed by atoms with Crippen molar-refractivity contribution in [2.45, 2.75) is 27.2 Å². The van der Waals surface area contributed by atoms with Crippen LogP contribution in [0.4, 0.5) is 10.8 Å². The van der Waals surface area contributed by atoms with Gasteiger partial charge < -0.3 is 4.74 Å². The molecule has 3 aromatic rings. The van der Waals surface area contributed by atoms with Crippen molar-refractivity contribution >= 4 is 39.7 Å². The van der Waals surface area contributed by atoms with Gasteiger partial charge in [0.15, 0.2) is 5.13 Å². The maximum Gasteiger partial charge on any atom is 0.233 e. The van der Waals surface area contributed by atoms with Crippen molar-refractivity contribution in [2.24, 2.45) is 0 Å². The van der Waals surface area contributed by atoms with Crippen LogP contribution in [0.3, 0.4) is 0 Å². The summed E-state index contributed by atoms with van der Waals surface area (Å²) >= 11 is 7.49. The first-order valence-corrected chi connectivity index (χ1v) is 10.0. The number of halogens is 1. The van der Waals surface area contributed by atoms with E-state index in [1.165, 1.54) is 11.3 Å². The molecule has 1 heterocycles. The van der Waals surface area contributed by atoms with Crippen LogP contribution in [0, 0.1) is 6.92 Å². The number of rotatable bonds is 6. The van der Waals surface area contributed by atoms with Gasteiger partial charge in [0.2, 0.25) is 5.91 Å². The first kappa shape index (κ1) is 19.4. The molecule has 2 aromatic carbocycles. The monoisotopic (exact) mass is 400 g/mol. The summed E-state index contributed by atoms with van der Waals surface area (Å²) in [5, 5.41) is 1.34. The third-order valence-electron chi connectivity index (χ3n) is 4.05. The fraction of sp³-hybridized carbons (Fsp3) is 0.238. The molecule has 1 amide bonds. The van der Waals surface area contributed by atoms with E-state index in [0.29, 0.717) is 23.2 Å². The predicted molar refractivity (Wildman–Crippen MR) is 112 cm³/mol. The van der Waals surface area contributed by atoms with Crippen LogP contribution in [-0.2, 0) is 4.79 Å². The number of amides is 1. The average Bonchev–Trinajstić information content (AvgIpc) is 3.05. The lowest BCUT2D eigenvalue weighted by Gasteiger charge is -2.19. The number of carbonyl (C=O) groups is 1. The second-order valence-electron chi connectivity index (χ2n) is 5.92. The molecule has 0 aliphatic rings. The SMILES string of the molecule is CCOc1ccc(N(C(=O)CC)c2nc(-c3ccc(Cl)cc3)c(C)s2)cc1. The van der Waals surface area contributed by atoms with Crippen LogP contribution < -0.4 is 9.64 Å². The number of benzene rings is 2. The number of anilines is 2. The van der Waals surface area contributed by atoms with E-state index in [4.69, 9.17) is 21.3 Å². The maximum absolute atomic E-state index is 12.7. The zero-order valence-electron chi connectivity index (χ0n) is 15.5. The molecular weight excluding hydrogens is 380 g/mol. The van der Waals surface area contributed by atoms with Gasteiger partial charge in [-0.15, -0.1) is 11.3 Å². The summed E-state index contributed by atoms with van der Waals surface area (Å²) in [6.45, 7) is 6.41. The molecule has 4 nitrogen and oxygen atoms in total. The molecule has 0 unspecified atom stereocenters. The molecule has 0 aliphatic heterocycles. The fourth-order valence-corrected chi connectivity index (χ4v) is 3.83. The van der Waals surface area contributed by atoms with Crippen molar-refractivity contribution in [3.8, 4) is 17.0 Å². The molecule has 6 heteroatoms. The summed E-state index contributed by atoms with van der Waals surface area (Å²) < 4.78 is 5.50. The number of hydrogen-bond donors (Lipinski definition) is 0. The van der Waals surface area contributed by atoms with Crippen LogP contribution in [0.2, 0.25) is 5.02 Å². The highest BCUT2D eigenvalue weighted by Crippen LogP contribution is 2.37. The highest BCUT2D eigenvalue weighted by atomic mass is 35.5. The third kappa shape index (κ3) is 4.31. The van der Waals surface area contributed by atoms with E-state index in [-0.39, 0.29) is 5.91 Å². The Hall–Kier alpha value is -2.37. The van der Waals surface area contributed by atoms with Crippen molar-refractivity contribution in [2.75, 3.05) is 11.5 Å². The largest absolute Gasteiger partial charge is 0.494 e. The minimum atomic E-state index is -0.00411. The van der Waals surface area contributed by atoms with Gasteiger partial charge in [-0.1, -0.05) is 30.7 Å². The van der Waals surface area contributed by atoms with Gasteiger partial charge in [-0.2, -0.15) is 0 Å². The van der Waals surface area contributed by atoms with Crippen molar-refractivity contribution in [3.63, 3.8) is 0 Å². The smallest absolute Gasteiger partial charge is 0.233 e. The molecule has 0 spiro atoms. The van der Waals surface area contributed by atoms with Gasteiger partial charge in [0.05, 0.1) is 18.0 Å². The summed E-state index contributed by atoms with van der Waals surface area (Å²) in [6, 6.07) is 15.1. The van der Waals surface area contributed by atoms with Crippen LogP contribution in [-0.4, -0.2) is 17.5 Å². The lowest BCUT2D eigenvalue weighted by Crippen LogP contribution is -2.24. The molecule has 0 aliphatic carbocycles. The highest BCUT2D eigenvalue weighted by Gasteiger charge is 2.22. The Morgan fingerprint density at radius 2 is 1.78 bits per heavy atom. The molecule has 3 rings (SSSR count). The molecular formula is C21H21ClN2O2S. The quantitative estimate of drug-likeness (QED) is 0.491. The zero-order chi connectivity index (χ0) is 19.4. The van der Waals surface area contributed by atoms with Gasteiger partial charge in [0, 0.05) is 21.9 Å². The molecule has 1 aromatic heterocycles. The van der Waals surface area contributed by atoms with Gasteiger partial charge in [-0.25, -0.2) is 4.98 Å². The van der Waals surface area contributed by atoms with Crippen molar-refractivity contribution in [1.29, 1.82) is 0 Å². The second kappa shape index (κ2) is 8.55. The van der Waals surface area contributed by atoms with Gasteiger partial charge in [-0.3, -0.25) is 9.69 Å². The first-order chi connectivity index (χ1) is 13.0. The molecule has 0 fully saturated rings. The molecule has 0 N–H and O–H groups in total. The fourth-order valence-electron chi connectivity index (χ4n) is 2.73. The Morgan fingerprint density at radius 3 is 2.37 bits per heavy atom. The second-order valence-corrected chi connectivity index (χ2v) is 7.54. The van der Waals surface area contributed by atoms with Crippen LogP contribution >= 0.6 is 22.9 Å². The molecule has 27 heavy (non-hydrogen) atoms.